The molecule has 2 aromatic rings. The number of primary amides is 1. The van der Waals surface area contributed by atoms with Gasteiger partial charge in [-0.3, -0.25) is 72.3 Å². The van der Waals surface area contributed by atoms with Crippen LogP contribution >= 0.6 is 25.3 Å². The van der Waals surface area contributed by atoms with Gasteiger partial charge in [0.05, 0.1) is 25.2 Å². The van der Waals surface area contributed by atoms with Gasteiger partial charge in [0, 0.05) is 31.0 Å². The van der Waals surface area contributed by atoms with Crippen LogP contribution in [0.3, 0.4) is 0 Å². The van der Waals surface area contributed by atoms with Crippen LogP contribution in [0.2, 0.25) is 0 Å². The molecule has 0 aliphatic rings. The fourth-order valence-corrected chi connectivity index (χ4v) is 9.88. The molecule has 0 saturated heterocycles. The van der Waals surface area contributed by atoms with Crippen LogP contribution < -0.4 is 110 Å². The summed E-state index contributed by atoms with van der Waals surface area (Å²) in [5, 5.41) is 40.6. The van der Waals surface area contributed by atoms with Crippen LogP contribution in [0.5, 0.6) is 0 Å². The number of hydrogen-bond donors (Lipinski definition) is 23. The lowest BCUT2D eigenvalue weighted by Crippen LogP contribution is -2.61. The number of thiol groups is 2. The number of guanidine groups is 2. The number of nitrogens with one attached hydrogen (secondary N) is 12. The molecule has 2 aromatic carbocycles. The zero-order chi connectivity index (χ0) is 74.9. The van der Waals surface area contributed by atoms with Crippen molar-refractivity contribution in [3.63, 3.8) is 0 Å². The van der Waals surface area contributed by atoms with E-state index in [9.17, 15) is 67.4 Å². The van der Waals surface area contributed by atoms with Gasteiger partial charge in [0.2, 0.25) is 76.8 Å². The number of benzene rings is 2. The van der Waals surface area contributed by atoms with Crippen molar-refractivity contribution in [2.45, 2.75) is 170 Å². The molecule has 36 nitrogen and oxygen atoms in total. The summed E-state index contributed by atoms with van der Waals surface area (Å²) in [6.45, 7) is 3.18. The van der Waals surface area contributed by atoms with E-state index in [0.29, 0.717) is 31.4 Å². The van der Waals surface area contributed by atoms with Gasteiger partial charge in [-0.05, 0) is 116 Å². The van der Waals surface area contributed by atoms with Crippen molar-refractivity contribution in [3.05, 3.63) is 71.8 Å². The van der Waals surface area contributed by atoms with Crippen molar-refractivity contribution in [2.24, 2.45) is 55.9 Å². The van der Waals surface area contributed by atoms with Crippen molar-refractivity contribution in [1.29, 1.82) is 0 Å². The second-order valence-corrected chi connectivity index (χ2v) is 24.1. The molecule has 12 atom stereocenters. The molecule has 0 unspecified atom stereocenters. The van der Waals surface area contributed by atoms with Crippen LogP contribution in [0.25, 0.3) is 0 Å². The molecule has 0 bridgehead atoms. The largest absolute Gasteiger partial charge is 0.391 e. The first-order valence-corrected chi connectivity index (χ1v) is 33.8. The third-order valence-electron chi connectivity index (χ3n) is 15.0. The Morgan fingerprint density at radius 2 is 0.780 bits per heavy atom. The maximum atomic E-state index is 14.2. The number of rotatable bonds is 48. The second-order valence-electron chi connectivity index (χ2n) is 23.4. The Bertz CT molecular complexity index is 3060. The van der Waals surface area contributed by atoms with Crippen LogP contribution in [-0.4, -0.2) is 217 Å². The first kappa shape index (κ1) is 86.7. The summed E-state index contributed by atoms with van der Waals surface area (Å²) >= 11 is 8.47. The molecule has 2 rings (SSSR count). The maximum Gasteiger partial charge on any atom is 0.245 e. The summed E-state index contributed by atoms with van der Waals surface area (Å²) < 4.78 is 0. The molecule has 29 N–H and O–H groups in total. The summed E-state index contributed by atoms with van der Waals surface area (Å²) in [6.07, 6.45) is 0.418. The lowest BCUT2D eigenvalue weighted by atomic mass is 10.0. The number of carbonyl (C=O) groups is 13. The lowest BCUT2D eigenvalue weighted by molar-refractivity contribution is -0.136. The van der Waals surface area contributed by atoms with Gasteiger partial charge in [-0.2, -0.15) is 25.3 Å². The molecule has 0 fully saturated rings. The zero-order valence-corrected chi connectivity index (χ0v) is 58.3. The van der Waals surface area contributed by atoms with E-state index >= 15 is 0 Å². The Balaban J connectivity index is 2.24. The number of unbranched alkanes of at least 4 members (excludes halogenated alkanes) is 2. The maximum absolute atomic E-state index is 14.2. The quantitative estimate of drug-likeness (QED) is 0.0127. The fraction of sp³-hybridized carbons (Fsp3) is 0.565. The Morgan fingerprint density at radius 3 is 1.20 bits per heavy atom. The van der Waals surface area contributed by atoms with E-state index in [4.69, 9.17) is 45.9 Å². The number of carbonyl (C=O) groups excluding carboxylic acids is 13. The minimum atomic E-state index is -1.76. The molecule has 0 saturated carbocycles. The molecule has 38 heteroatoms. The monoisotopic (exact) mass is 1440 g/mol. The summed E-state index contributed by atoms with van der Waals surface area (Å²) in [4.78, 5) is 183. The minimum absolute atomic E-state index is 0.0125. The van der Waals surface area contributed by atoms with Gasteiger partial charge >= 0.3 is 0 Å². The van der Waals surface area contributed by atoms with Gasteiger partial charge < -0.3 is 115 Å². The van der Waals surface area contributed by atoms with Crippen LogP contribution in [0.15, 0.2) is 70.6 Å². The summed E-state index contributed by atoms with van der Waals surface area (Å²) in [5.74, 6) is -12.5. The van der Waals surface area contributed by atoms with Gasteiger partial charge in [-0.25, -0.2) is 0 Å². The van der Waals surface area contributed by atoms with Gasteiger partial charge in [-0.15, -0.1) is 0 Å². The molecule has 0 heterocycles. The standard InChI is InChI=1S/C62H102N22O14S2/c1-34(51(89)79-42(22-14-26-71-61(67)68)54(92)78-40(50(66)88)20-10-12-24-63)75-58(96)45(32-99)82-56(94)41(21-11-13-25-64)81-55(93)43(23-15-27-72-62(69)70)80-52(90)35(2)76-59(97)46(33-100)83-60(98)49(36(3)85)84-57(95)44(29-38-18-8-5-9-19-38)77-48(87)31-73-47(86)30-74-53(91)39(65)28-37-16-6-4-7-17-37/h4-9,16-19,34-36,39-46,49,85,99-100H,10-15,20-33,63-65H2,1-3H3,(H2,66,88)(H,73,86)(H,74,91)(H,75,96)(H,76,97)(H,77,87)(H,78,92)(H,79,89)(H,80,90)(H,81,93)(H,82,94)(H,83,98)(H,84,95)(H4,67,68,71)(H4,69,70,72)/t34-,35-,36+,39-,40-,41-,42-,43-,44-,45-,46-,49-/m0/s1. The number of aliphatic imine (C=N–C) groups is 2. The van der Waals surface area contributed by atoms with Crippen LogP contribution in [0, 0.1) is 0 Å². The number of aliphatic hydroxyl groups is 1. The smallest absolute Gasteiger partial charge is 0.245 e. The van der Waals surface area contributed by atoms with Crippen LogP contribution in [-0.2, 0) is 75.2 Å². The normalized spacial score (nSPS) is 14.5. The second kappa shape index (κ2) is 47.6. The van der Waals surface area contributed by atoms with E-state index in [0.717, 1.165) is 5.56 Å². The van der Waals surface area contributed by atoms with Crippen molar-refractivity contribution in [3.8, 4) is 0 Å². The van der Waals surface area contributed by atoms with E-state index in [1.165, 1.54) is 20.8 Å². The van der Waals surface area contributed by atoms with Crippen LogP contribution in [0.1, 0.15) is 96.1 Å². The number of hydrogen-bond acceptors (Lipinski definition) is 21. The van der Waals surface area contributed by atoms with Gasteiger partial charge in [0.15, 0.2) is 11.9 Å². The summed E-state index contributed by atoms with van der Waals surface area (Å²) in [7, 11) is 0. The molecule has 0 aromatic heterocycles. The predicted octanol–water partition coefficient (Wildman–Crippen LogP) is -7.99. The summed E-state index contributed by atoms with van der Waals surface area (Å²) in [6, 6.07) is 2.32. The number of aliphatic hydroxyl groups excluding tert-OH is 1. The van der Waals surface area contributed by atoms with E-state index in [1.54, 1.807) is 54.6 Å². The third kappa shape index (κ3) is 34.4. The zero-order valence-electron chi connectivity index (χ0n) is 56.5. The van der Waals surface area contributed by atoms with Crippen LogP contribution in [0.4, 0.5) is 0 Å². The SMILES string of the molecule is C[C@H](NC(=O)[C@H](CS)NC(=O)[C@H](CCCCN)NC(=O)[C@H](CCCN=C(N)N)NC(=O)[C@H](C)NC(=O)[C@H](CS)NC(=O)[C@@H](NC(=O)[C@H](Cc1ccccc1)NC(=O)CNC(=O)CNC(=O)[C@@H](N)Cc1ccccc1)[C@@H](C)O)C(=O)N[C@@H](CCCN=C(N)N)C(=O)N[C@@H](CCCCN)C(N)=O. The number of nitrogens with two attached hydrogens (primary N) is 8. The minimum Gasteiger partial charge on any atom is -0.391 e. The Hall–Kier alpha value is -9.37. The Morgan fingerprint density at radius 1 is 0.410 bits per heavy atom. The average Bonchev–Trinajstić information content (AvgIpc) is 0.865. The first-order valence-electron chi connectivity index (χ1n) is 32.6. The van der Waals surface area contributed by atoms with E-state index in [2.05, 4.69) is 99.0 Å². The van der Waals surface area contributed by atoms with Gasteiger partial charge in [-0.1, -0.05) is 60.7 Å². The van der Waals surface area contributed by atoms with Gasteiger partial charge in [0.25, 0.3) is 0 Å². The predicted molar refractivity (Wildman–Crippen MR) is 379 cm³/mol. The number of nitrogens with zero attached hydrogens (tertiary/aromatic N) is 2. The highest BCUT2D eigenvalue weighted by Crippen LogP contribution is 2.11. The fourth-order valence-electron chi connectivity index (χ4n) is 9.37. The molecular formula is C62H102N22O14S2. The molecule has 556 valence electrons. The van der Waals surface area contributed by atoms with Crippen molar-refractivity contribution in [2.75, 3.05) is 50.8 Å². The van der Waals surface area contributed by atoms with Gasteiger partial charge in [0.1, 0.15) is 60.4 Å². The highest BCUT2D eigenvalue weighted by atomic mass is 32.1. The van der Waals surface area contributed by atoms with E-state index in [-0.39, 0.29) is 95.1 Å². The molecule has 0 aliphatic heterocycles. The van der Waals surface area contributed by atoms with E-state index in [1.807, 2.05) is 6.07 Å². The third-order valence-corrected chi connectivity index (χ3v) is 15.7. The van der Waals surface area contributed by atoms with Crippen molar-refractivity contribution < 1.29 is 67.4 Å². The average molecular weight is 1440 g/mol. The molecule has 100 heavy (non-hydrogen) atoms. The highest BCUT2D eigenvalue weighted by molar-refractivity contribution is 7.80. The van der Waals surface area contributed by atoms with Crippen molar-refractivity contribution in [1.82, 2.24) is 63.8 Å². The topological polar surface area (TPSA) is 619 Å². The molecule has 0 spiro atoms. The Kier molecular flexibility index (Phi) is 41.3. The van der Waals surface area contributed by atoms with Crippen molar-refractivity contribution >= 4 is 114 Å². The Labute approximate surface area is 591 Å². The number of amides is 13. The first-order chi connectivity index (χ1) is 47.4. The van der Waals surface area contributed by atoms with E-state index < -0.39 is 168 Å². The molecule has 13 amide bonds. The highest BCUT2D eigenvalue weighted by Gasteiger charge is 2.36. The molecule has 0 radical (unpaired) electrons. The summed E-state index contributed by atoms with van der Waals surface area (Å²) in [5.41, 5.74) is 46.1. The molecule has 0 aliphatic carbocycles. The lowest BCUT2D eigenvalue weighted by Gasteiger charge is -2.27. The molecular weight excluding hydrogens is 1340 g/mol.